The number of anilines is 1. The predicted octanol–water partition coefficient (Wildman–Crippen LogP) is 3.02. The molecule has 0 fully saturated rings. The fraction of sp³-hybridized carbons (Fsp3) is 0.286. The van der Waals surface area contributed by atoms with Crippen molar-refractivity contribution in [2.24, 2.45) is 5.92 Å². The van der Waals surface area contributed by atoms with Crippen LogP contribution in [0.1, 0.15) is 23.0 Å². The van der Waals surface area contributed by atoms with Gasteiger partial charge in [-0.25, -0.2) is 13.2 Å². The first-order valence-electron chi connectivity index (χ1n) is 9.50. The van der Waals surface area contributed by atoms with Gasteiger partial charge in [0.15, 0.2) is 16.4 Å². The number of hydrogen-bond donors (Lipinski definition) is 1. The molecule has 0 bridgehead atoms. The molecule has 1 unspecified atom stereocenters. The summed E-state index contributed by atoms with van der Waals surface area (Å²) in [5, 5.41) is 3.66. The zero-order chi connectivity index (χ0) is 22.4. The van der Waals surface area contributed by atoms with Crippen molar-refractivity contribution >= 4 is 44.7 Å². The summed E-state index contributed by atoms with van der Waals surface area (Å²) in [5.74, 6) is -2.46. The van der Waals surface area contributed by atoms with Crippen LogP contribution in [0, 0.1) is 5.92 Å². The highest BCUT2D eigenvalue weighted by Gasteiger charge is 2.25. The summed E-state index contributed by atoms with van der Waals surface area (Å²) in [7, 11) is -3.26. The first-order valence-corrected chi connectivity index (χ1v) is 12.0. The highest BCUT2D eigenvalue weighted by atomic mass is 32.2. The van der Waals surface area contributed by atoms with Gasteiger partial charge in [-0.1, -0.05) is 36.4 Å². The number of thiophene rings is 1. The number of hydrogen-bond acceptors (Lipinski definition) is 8. The van der Waals surface area contributed by atoms with E-state index in [4.69, 9.17) is 9.47 Å². The molecule has 1 atom stereocenters. The molecule has 10 heteroatoms. The molecule has 1 N–H and O–H groups in total. The molecule has 164 valence electrons. The zero-order valence-corrected chi connectivity index (χ0v) is 18.3. The van der Waals surface area contributed by atoms with Crippen LogP contribution in [0.4, 0.5) is 5.69 Å². The van der Waals surface area contributed by atoms with Gasteiger partial charge in [-0.3, -0.25) is 9.59 Å². The lowest BCUT2D eigenvalue weighted by Crippen LogP contribution is -2.23. The number of esters is 2. The number of rotatable bonds is 8. The van der Waals surface area contributed by atoms with E-state index in [1.807, 2.05) is 30.3 Å². The Morgan fingerprint density at radius 3 is 2.55 bits per heavy atom. The largest absolute Gasteiger partial charge is 0.462 e. The fourth-order valence-electron chi connectivity index (χ4n) is 2.95. The molecular weight excluding hydrogens is 442 g/mol. The van der Waals surface area contributed by atoms with Crippen molar-refractivity contribution in [3.05, 3.63) is 52.8 Å². The molecule has 1 aromatic carbocycles. The molecule has 3 rings (SSSR count). The molecule has 0 spiro atoms. The van der Waals surface area contributed by atoms with Gasteiger partial charge < -0.3 is 14.8 Å². The summed E-state index contributed by atoms with van der Waals surface area (Å²) in [6.07, 6.45) is 1.31. The Balaban J connectivity index is 1.63. The maximum Gasteiger partial charge on any atom is 0.350 e. The Bertz CT molecular complexity index is 1100. The molecule has 0 aliphatic carbocycles. The summed E-state index contributed by atoms with van der Waals surface area (Å²) >= 11 is 1.19. The molecule has 1 aliphatic heterocycles. The molecule has 8 nitrogen and oxygen atoms in total. The molecule has 2 aromatic rings. The van der Waals surface area contributed by atoms with Gasteiger partial charge >= 0.3 is 11.9 Å². The predicted molar refractivity (Wildman–Crippen MR) is 116 cm³/mol. The Kier molecular flexibility index (Phi) is 7.24. The van der Waals surface area contributed by atoms with Crippen LogP contribution in [0.2, 0.25) is 0 Å². The van der Waals surface area contributed by atoms with Crippen LogP contribution in [-0.4, -0.2) is 45.2 Å². The Labute approximate surface area is 183 Å². The fourth-order valence-corrected chi connectivity index (χ4v) is 5.36. The van der Waals surface area contributed by atoms with Gasteiger partial charge in [0.1, 0.15) is 4.88 Å². The van der Waals surface area contributed by atoms with Crippen LogP contribution in [-0.2, 0) is 28.9 Å². The van der Waals surface area contributed by atoms with Gasteiger partial charge in [0.2, 0.25) is 0 Å². The smallest absolute Gasteiger partial charge is 0.350 e. The van der Waals surface area contributed by atoms with Gasteiger partial charge in [0.05, 0.1) is 24.5 Å². The lowest BCUT2D eigenvalue weighted by Gasteiger charge is -2.09. The molecule has 0 saturated heterocycles. The quantitative estimate of drug-likeness (QED) is 0.598. The summed E-state index contributed by atoms with van der Waals surface area (Å²) in [4.78, 5) is 37.5. The van der Waals surface area contributed by atoms with Crippen molar-refractivity contribution in [1.82, 2.24) is 0 Å². The van der Waals surface area contributed by atoms with E-state index in [2.05, 4.69) is 5.32 Å². The van der Waals surface area contributed by atoms with E-state index in [1.165, 1.54) is 17.4 Å². The third-order valence-electron chi connectivity index (χ3n) is 4.32. The Hall–Kier alpha value is -2.98. The third kappa shape index (κ3) is 6.25. The topological polar surface area (TPSA) is 116 Å². The standard InChI is InChI=1S/C21H21NO7S2/c1-2-28-21(25)20-16(11-17(30-20)15-6-4-3-5-7-15)22-18(23)12-29-19(24)10-14-8-9-31(26,27)13-14/h3-9,11,14H,2,10,12-13H2,1H3,(H,22,23). The number of benzene rings is 1. The van der Waals surface area contributed by atoms with E-state index in [9.17, 15) is 22.8 Å². The number of nitrogens with one attached hydrogen (secondary N) is 1. The zero-order valence-electron chi connectivity index (χ0n) is 16.7. The minimum atomic E-state index is -3.26. The van der Waals surface area contributed by atoms with Crippen LogP contribution in [0.3, 0.4) is 0 Å². The van der Waals surface area contributed by atoms with E-state index in [0.717, 1.165) is 15.8 Å². The lowest BCUT2D eigenvalue weighted by molar-refractivity contribution is -0.147. The van der Waals surface area contributed by atoms with Gasteiger partial charge in [-0.2, -0.15) is 0 Å². The van der Waals surface area contributed by atoms with Crippen LogP contribution >= 0.6 is 11.3 Å². The van der Waals surface area contributed by atoms with Crippen molar-refractivity contribution in [3.63, 3.8) is 0 Å². The van der Waals surface area contributed by atoms with Gasteiger partial charge in [0.25, 0.3) is 5.91 Å². The molecule has 0 radical (unpaired) electrons. The molecule has 31 heavy (non-hydrogen) atoms. The monoisotopic (exact) mass is 463 g/mol. The first-order chi connectivity index (χ1) is 14.8. The van der Waals surface area contributed by atoms with Gasteiger partial charge in [0, 0.05) is 16.2 Å². The van der Waals surface area contributed by atoms with Crippen LogP contribution < -0.4 is 5.32 Å². The van der Waals surface area contributed by atoms with E-state index >= 15 is 0 Å². The summed E-state index contributed by atoms with van der Waals surface area (Å²) in [6, 6.07) is 11.0. The van der Waals surface area contributed by atoms with E-state index in [1.54, 1.807) is 13.0 Å². The number of sulfone groups is 1. The Morgan fingerprint density at radius 2 is 1.90 bits per heavy atom. The average molecular weight is 464 g/mol. The number of allylic oxidation sites excluding steroid dienone is 1. The number of amides is 1. The summed E-state index contributed by atoms with van der Waals surface area (Å²) in [6.45, 7) is 1.32. The second kappa shape index (κ2) is 9.88. The Morgan fingerprint density at radius 1 is 1.16 bits per heavy atom. The van der Waals surface area contributed by atoms with Crippen molar-refractivity contribution in [3.8, 4) is 10.4 Å². The average Bonchev–Trinajstić information content (AvgIpc) is 3.30. The number of carbonyl (C=O) groups excluding carboxylic acids is 3. The molecular formula is C21H21NO7S2. The number of carbonyl (C=O) groups is 3. The highest BCUT2D eigenvalue weighted by molar-refractivity contribution is 7.94. The maximum absolute atomic E-state index is 12.3. The summed E-state index contributed by atoms with van der Waals surface area (Å²) < 4.78 is 32.8. The SMILES string of the molecule is CCOC(=O)c1sc(-c2ccccc2)cc1NC(=O)COC(=O)CC1C=CS(=O)(=O)C1. The minimum absolute atomic E-state index is 0.131. The van der Waals surface area contributed by atoms with Crippen molar-refractivity contribution in [1.29, 1.82) is 0 Å². The maximum atomic E-state index is 12.3. The highest BCUT2D eigenvalue weighted by Crippen LogP contribution is 2.35. The third-order valence-corrected chi connectivity index (χ3v) is 6.95. The van der Waals surface area contributed by atoms with E-state index in [-0.39, 0.29) is 29.3 Å². The normalized spacial score (nSPS) is 16.6. The molecule has 2 heterocycles. The molecule has 1 aromatic heterocycles. The molecule has 1 aliphatic rings. The first kappa shape index (κ1) is 22.7. The molecule has 1 amide bonds. The number of ether oxygens (including phenoxy) is 2. The minimum Gasteiger partial charge on any atom is -0.462 e. The van der Waals surface area contributed by atoms with Crippen molar-refractivity contribution in [2.45, 2.75) is 13.3 Å². The van der Waals surface area contributed by atoms with Crippen molar-refractivity contribution < 1.29 is 32.3 Å². The van der Waals surface area contributed by atoms with Crippen molar-refractivity contribution in [2.75, 3.05) is 24.3 Å². The van der Waals surface area contributed by atoms with E-state index in [0.29, 0.717) is 0 Å². The van der Waals surface area contributed by atoms with Crippen LogP contribution in [0.5, 0.6) is 0 Å². The van der Waals surface area contributed by atoms with Crippen LogP contribution in [0.25, 0.3) is 10.4 Å². The van der Waals surface area contributed by atoms with Gasteiger partial charge in [-0.05, 0) is 18.6 Å². The molecule has 0 saturated carbocycles. The van der Waals surface area contributed by atoms with E-state index < -0.39 is 40.2 Å². The second-order valence-electron chi connectivity index (χ2n) is 6.77. The summed E-state index contributed by atoms with van der Waals surface area (Å²) in [5.41, 5.74) is 1.15. The lowest BCUT2D eigenvalue weighted by atomic mass is 10.1. The second-order valence-corrected chi connectivity index (χ2v) is 9.75. The van der Waals surface area contributed by atoms with Gasteiger partial charge in [-0.15, -0.1) is 11.3 Å². The van der Waals surface area contributed by atoms with Crippen LogP contribution in [0.15, 0.2) is 47.9 Å².